The molecular formula is C23H17NO3. The van der Waals surface area contributed by atoms with Crippen molar-refractivity contribution in [3.05, 3.63) is 101 Å². The third kappa shape index (κ3) is 3.02. The molecule has 0 radical (unpaired) electrons. The van der Waals surface area contributed by atoms with E-state index in [1.165, 1.54) is 4.90 Å². The molecular weight excluding hydrogens is 338 g/mol. The van der Waals surface area contributed by atoms with Gasteiger partial charge in [0.2, 0.25) is 5.76 Å². The average Bonchev–Trinajstić information content (AvgIpc) is 2.74. The van der Waals surface area contributed by atoms with Crippen molar-refractivity contribution in [2.24, 2.45) is 0 Å². The first kappa shape index (κ1) is 16.8. The zero-order chi connectivity index (χ0) is 18.8. The van der Waals surface area contributed by atoms with Crippen LogP contribution in [0.3, 0.4) is 0 Å². The van der Waals surface area contributed by atoms with E-state index in [0.29, 0.717) is 16.3 Å². The Morgan fingerprint density at radius 3 is 2.00 bits per heavy atom. The van der Waals surface area contributed by atoms with Crippen molar-refractivity contribution in [2.75, 3.05) is 11.9 Å². The Labute approximate surface area is 156 Å². The van der Waals surface area contributed by atoms with Crippen molar-refractivity contribution in [1.82, 2.24) is 0 Å². The number of rotatable bonds is 3. The van der Waals surface area contributed by atoms with Gasteiger partial charge < -0.3 is 9.32 Å². The van der Waals surface area contributed by atoms with Crippen LogP contribution in [0.2, 0.25) is 0 Å². The summed E-state index contributed by atoms with van der Waals surface area (Å²) in [6, 6.07) is 25.9. The fraction of sp³-hybridized carbons (Fsp3) is 0.0435. The van der Waals surface area contributed by atoms with E-state index in [9.17, 15) is 9.59 Å². The molecule has 0 bridgehead atoms. The summed E-state index contributed by atoms with van der Waals surface area (Å²) < 4.78 is 5.53. The van der Waals surface area contributed by atoms with Gasteiger partial charge in [-0.1, -0.05) is 66.7 Å². The molecule has 1 amide bonds. The normalized spacial score (nSPS) is 10.7. The lowest BCUT2D eigenvalue weighted by molar-refractivity contribution is 0.0964. The number of anilines is 1. The molecule has 4 rings (SSSR count). The first-order valence-corrected chi connectivity index (χ1v) is 8.61. The van der Waals surface area contributed by atoms with Gasteiger partial charge in [-0.15, -0.1) is 0 Å². The first-order chi connectivity index (χ1) is 13.2. The maximum absolute atomic E-state index is 13.2. The standard InChI is InChI=1S/C23H17NO3/c1-24(17-12-6-3-7-13-17)22(25)21-20(16-10-4-2-5-11-16)18-14-8-9-15-19(18)23(26)27-21/h2-15H,1H3. The van der Waals surface area contributed by atoms with Gasteiger partial charge in [0, 0.05) is 23.7 Å². The second kappa shape index (κ2) is 6.92. The minimum absolute atomic E-state index is 0.0382. The van der Waals surface area contributed by atoms with Crippen LogP contribution in [0, 0.1) is 0 Å². The summed E-state index contributed by atoms with van der Waals surface area (Å²) in [5.74, 6) is -0.334. The lowest BCUT2D eigenvalue weighted by Gasteiger charge is -2.19. The predicted octanol–water partition coefficient (Wildman–Crippen LogP) is 4.74. The van der Waals surface area contributed by atoms with Gasteiger partial charge in [-0.05, 0) is 23.8 Å². The van der Waals surface area contributed by atoms with E-state index < -0.39 is 5.63 Å². The molecule has 1 aromatic heterocycles. The monoisotopic (exact) mass is 355 g/mol. The van der Waals surface area contributed by atoms with Crippen LogP contribution >= 0.6 is 0 Å². The van der Waals surface area contributed by atoms with Crippen molar-refractivity contribution in [3.8, 4) is 11.1 Å². The van der Waals surface area contributed by atoms with Crippen LogP contribution in [0.1, 0.15) is 10.6 Å². The minimum atomic E-state index is -0.518. The van der Waals surface area contributed by atoms with Crippen LogP contribution in [0.25, 0.3) is 21.9 Å². The molecule has 4 nitrogen and oxygen atoms in total. The number of nitrogens with zero attached hydrogens (tertiary/aromatic N) is 1. The van der Waals surface area contributed by atoms with E-state index in [4.69, 9.17) is 4.42 Å². The molecule has 0 aliphatic rings. The van der Waals surface area contributed by atoms with Crippen LogP contribution in [0.5, 0.6) is 0 Å². The summed E-state index contributed by atoms with van der Waals surface area (Å²) in [5, 5.41) is 1.15. The van der Waals surface area contributed by atoms with Crippen LogP contribution in [-0.4, -0.2) is 13.0 Å². The van der Waals surface area contributed by atoms with E-state index in [-0.39, 0.29) is 11.7 Å². The van der Waals surface area contributed by atoms with Crippen LogP contribution in [-0.2, 0) is 0 Å². The Hall–Kier alpha value is -3.66. The van der Waals surface area contributed by atoms with Crippen molar-refractivity contribution in [3.63, 3.8) is 0 Å². The molecule has 0 aliphatic carbocycles. The molecule has 0 saturated carbocycles. The van der Waals surface area contributed by atoms with Gasteiger partial charge in [0.1, 0.15) is 0 Å². The summed E-state index contributed by atoms with van der Waals surface area (Å²) in [7, 11) is 1.67. The SMILES string of the molecule is CN(C(=O)c1oc(=O)c2ccccc2c1-c1ccccc1)c1ccccc1. The van der Waals surface area contributed by atoms with E-state index in [2.05, 4.69) is 0 Å². The van der Waals surface area contributed by atoms with Crippen molar-refractivity contribution in [2.45, 2.75) is 0 Å². The minimum Gasteiger partial charge on any atom is -0.416 e. The highest BCUT2D eigenvalue weighted by atomic mass is 16.4. The summed E-state index contributed by atoms with van der Waals surface area (Å²) >= 11 is 0. The van der Waals surface area contributed by atoms with Crippen molar-refractivity contribution in [1.29, 1.82) is 0 Å². The lowest BCUT2D eigenvalue weighted by Crippen LogP contribution is -2.27. The second-order valence-electron chi connectivity index (χ2n) is 6.20. The quantitative estimate of drug-likeness (QED) is 0.533. The lowest BCUT2D eigenvalue weighted by atomic mass is 9.98. The van der Waals surface area contributed by atoms with Crippen LogP contribution in [0.4, 0.5) is 5.69 Å². The fourth-order valence-electron chi connectivity index (χ4n) is 3.16. The van der Waals surface area contributed by atoms with Gasteiger partial charge in [0.05, 0.1) is 5.39 Å². The van der Waals surface area contributed by atoms with Gasteiger partial charge in [-0.25, -0.2) is 4.79 Å². The number of carbonyl (C=O) groups excluding carboxylic acids is 1. The van der Waals surface area contributed by atoms with Crippen molar-refractivity contribution < 1.29 is 9.21 Å². The van der Waals surface area contributed by atoms with E-state index in [1.54, 1.807) is 19.2 Å². The third-order valence-corrected chi connectivity index (χ3v) is 4.54. The van der Waals surface area contributed by atoms with E-state index >= 15 is 0 Å². The Bertz CT molecular complexity index is 1160. The highest BCUT2D eigenvalue weighted by molar-refractivity contribution is 6.12. The Morgan fingerprint density at radius 1 is 0.778 bits per heavy atom. The molecule has 3 aromatic carbocycles. The Balaban J connectivity index is 1.98. The molecule has 4 aromatic rings. The van der Waals surface area contributed by atoms with Crippen LogP contribution in [0.15, 0.2) is 94.1 Å². The maximum atomic E-state index is 13.2. The number of benzene rings is 3. The molecule has 1 heterocycles. The van der Waals surface area contributed by atoms with Gasteiger partial charge in [0.15, 0.2) is 0 Å². The first-order valence-electron chi connectivity index (χ1n) is 8.61. The zero-order valence-corrected chi connectivity index (χ0v) is 14.8. The van der Waals surface area contributed by atoms with Gasteiger partial charge in [0.25, 0.3) is 5.91 Å². The van der Waals surface area contributed by atoms with Gasteiger partial charge in [-0.2, -0.15) is 0 Å². The average molecular weight is 355 g/mol. The highest BCUT2D eigenvalue weighted by Gasteiger charge is 2.24. The summed E-state index contributed by atoms with van der Waals surface area (Å²) in [6.07, 6.45) is 0. The topological polar surface area (TPSA) is 50.5 Å². The maximum Gasteiger partial charge on any atom is 0.344 e. The summed E-state index contributed by atoms with van der Waals surface area (Å²) in [5.41, 5.74) is 1.65. The third-order valence-electron chi connectivity index (χ3n) is 4.54. The van der Waals surface area contributed by atoms with Gasteiger partial charge >= 0.3 is 5.63 Å². The summed E-state index contributed by atoms with van der Waals surface area (Å²) in [4.78, 5) is 27.2. The molecule has 0 spiro atoms. The number of carbonyl (C=O) groups is 1. The Morgan fingerprint density at radius 2 is 1.33 bits per heavy atom. The molecule has 0 fully saturated rings. The number of para-hydroxylation sites is 1. The van der Waals surface area contributed by atoms with Gasteiger partial charge in [-0.3, -0.25) is 4.79 Å². The predicted molar refractivity (Wildman–Crippen MR) is 107 cm³/mol. The summed E-state index contributed by atoms with van der Waals surface area (Å²) in [6.45, 7) is 0. The number of hydrogen-bond acceptors (Lipinski definition) is 3. The van der Waals surface area contributed by atoms with Crippen molar-refractivity contribution >= 4 is 22.4 Å². The molecule has 27 heavy (non-hydrogen) atoms. The number of amides is 1. The molecule has 132 valence electrons. The molecule has 0 N–H and O–H groups in total. The molecule has 0 unspecified atom stereocenters. The fourth-order valence-corrected chi connectivity index (χ4v) is 3.16. The van der Waals surface area contributed by atoms with E-state index in [1.807, 2.05) is 72.8 Å². The smallest absolute Gasteiger partial charge is 0.344 e. The van der Waals surface area contributed by atoms with Crippen LogP contribution < -0.4 is 10.5 Å². The number of fused-ring (bicyclic) bond motifs is 1. The largest absolute Gasteiger partial charge is 0.416 e. The Kier molecular flexibility index (Phi) is 4.30. The molecule has 4 heteroatoms. The zero-order valence-electron chi connectivity index (χ0n) is 14.8. The number of hydrogen-bond donors (Lipinski definition) is 0. The second-order valence-corrected chi connectivity index (χ2v) is 6.20. The highest BCUT2D eigenvalue weighted by Crippen LogP contribution is 2.31. The van der Waals surface area contributed by atoms with E-state index in [0.717, 1.165) is 11.3 Å². The molecule has 0 saturated heterocycles. The molecule has 0 atom stereocenters. The molecule has 0 aliphatic heterocycles.